The number of aromatic nitrogens is 5. The number of carbonyl (C=O) groups excluding carboxylic acids is 1. The highest BCUT2D eigenvalue weighted by Gasteiger charge is 2.45. The number of hydrogen-bond donors (Lipinski definition) is 0. The predicted octanol–water partition coefficient (Wildman–Crippen LogP) is 6.34. The van der Waals surface area contributed by atoms with Gasteiger partial charge in [-0.2, -0.15) is 0 Å². The molecule has 39 heavy (non-hydrogen) atoms. The summed E-state index contributed by atoms with van der Waals surface area (Å²) in [6.45, 7) is 9.71. The molecule has 4 heterocycles. The molecule has 0 saturated heterocycles. The molecule has 1 aliphatic carbocycles. The molecule has 5 rings (SSSR count). The Morgan fingerprint density at radius 3 is 2.26 bits per heavy atom. The van der Waals surface area contributed by atoms with E-state index in [4.69, 9.17) is 4.74 Å². The van der Waals surface area contributed by atoms with Gasteiger partial charge in [0, 0.05) is 29.5 Å². The Labute approximate surface area is 227 Å². The van der Waals surface area contributed by atoms with Crippen molar-refractivity contribution in [2.75, 3.05) is 11.4 Å². The molecule has 0 spiro atoms. The summed E-state index contributed by atoms with van der Waals surface area (Å²) < 4.78 is 22.6. The zero-order chi connectivity index (χ0) is 27.8. The highest BCUT2D eigenvalue weighted by molar-refractivity contribution is 5.87. The van der Waals surface area contributed by atoms with Gasteiger partial charge in [0.05, 0.1) is 23.3 Å². The van der Waals surface area contributed by atoms with E-state index in [9.17, 15) is 9.18 Å². The fraction of sp³-hybridized carbons (Fsp3) is 0.367. The molecule has 1 saturated carbocycles. The Hall–Kier alpha value is -4.14. The fourth-order valence-corrected chi connectivity index (χ4v) is 5.06. The zero-order valence-corrected chi connectivity index (χ0v) is 23.0. The lowest BCUT2D eigenvalue weighted by atomic mass is 9.66. The number of carbonyl (C=O) groups is 1. The van der Waals surface area contributed by atoms with Gasteiger partial charge in [0.1, 0.15) is 17.1 Å². The molecule has 0 aliphatic heterocycles. The molecular formula is C30H33FN6O2. The van der Waals surface area contributed by atoms with Gasteiger partial charge < -0.3 is 9.30 Å². The second-order valence-corrected chi connectivity index (χ2v) is 11.2. The Morgan fingerprint density at radius 1 is 1.00 bits per heavy atom. The van der Waals surface area contributed by atoms with E-state index in [0.29, 0.717) is 35.7 Å². The molecule has 1 amide bonds. The van der Waals surface area contributed by atoms with Gasteiger partial charge in [-0.05, 0) is 96.0 Å². The van der Waals surface area contributed by atoms with Crippen LogP contribution in [0.15, 0.2) is 60.9 Å². The summed E-state index contributed by atoms with van der Waals surface area (Å²) >= 11 is 0. The summed E-state index contributed by atoms with van der Waals surface area (Å²) in [5, 5.41) is 8.76. The number of nitrogens with zero attached hydrogens (tertiary/aromatic N) is 6. The molecule has 0 bridgehead atoms. The summed E-state index contributed by atoms with van der Waals surface area (Å²) in [6, 6.07) is 14.5. The maximum atomic E-state index is 14.8. The minimum absolute atomic E-state index is 0.187. The van der Waals surface area contributed by atoms with Crippen molar-refractivity contribution >= 4 is 11.9 Å². The molecule has 8 nitrogen and oxygen atoms in total. The van der Waals surface area contributed by atoms with Crippen LogP contribution in [-0.2, 0) is 10.2 Å². The van der Waals surface area contributed by atoms with Gasteiger partial charge >= 0.3 is 6.09 Å². The molecule has 0 atom stereocenters. The molecule has 1 aliphatic rings. The van der Waals surface area contributed by atoms with E-state index in [-0.39, 0.29) is 12.4 Å². The molecule has 4 aromatic rings. The number of anilines is 1. The Bertz CT molecular complexity index is 1450. The van der Waals surface area contributed by atoms with Gasteiger partial charge in [-0.3, -0.25) is 14.9 Å². The van der Waals surface area contributed by atoms with Crippen LogP contribution in [0.2, 0.25) is 0 Å². The van der Waals surface area contributed by atoms with Crippen LogP contribution in [0.5, 0.6) is 0 Å². The monoisotopic (exact) mass is 528 g/mol. The average molecular weight is 529 g/mol. The highest BCUT2D eigenvalue weighted by atomic mass is 19.1. The van der Waals surface area contributed by atoms with E-state index < -0.39 is 17.1 Å². The number of rotatable bonds is 6. The van der Waals surface area contributed by atoms with Crippen molar-refractivity contribution in [2.24, 2.45) is 0 Å². The summed E-state index contributed by atoms with van der Waals surface area (Å²) in [7, 11) is 0. The Balaban J connectivity index is 1.44. The van der Waals surface area contributed by atoms with E-state index in [0.717, 1.165) is 23.5 Å². The van der Waals surface area contributed by atoms with Crippen molar-refractivity contribution in [3.8, 4) is 17.1 Å². The second-order valence-electron chi connectivity index (χ2n) is 11.2. The van der Waals surface area contributed by atoms with Gasteiger partial charge in [-0.15, -0.1) is 10.2 Å². The molecular weight excluding hydrogens is 495 g/mol. The van der Waals surface area contributed by atoms with E-state index in [2.05, 4.69) is 50.7 Å². The lowest BCUT2D eigenvalue weighted by Crippen LogP contribution is -2.50. The van der Waals surface area contributed by atoms with E-state index in [1.165, 1.54) is 11.0 Å². The van der Waals surface area contributed by atoms with E-state index in [1.54, 1.807) is 51.4 Å². The van der Waals surface area contributed by atoms with Crippen LogP contribution in [0.25, 0.3) is 17.1 Å². The fourth-order valence-electron chi connectivity index (χ4n) is 5.06. The van der Waals surface area contributed by atoms with E-state index in [1.807, 2.05) is 12.1 Å². The normalized spacial score (nSPS) is 14.5. The molecule has 1 fully saturated rings. The molecule has 0 radical (unpaired) electrons. The molecule has 9 heteroatoms. The Kier molecular flexibility index (Phi) is 6.92. The number of ether oxygens (including phenoxy) is 1. The molecule has 0 aromatic carbocycles. The molecule has 0 unspecified atom stereocenters. The van der Waals surface area contributed by atoms with Crippen LogP contribution in [0.1, 0.15) is 57.1 Å². The number of halogens is 1. The average Bonchev–Trinajstić information content (AvgIpc) is 3.21. The SMILES string of the molecule is Cc1ccc(C)n1-c1ccc(-c2ccc(N(CC3(c4ncccc4F)CCC3)C(=O)OC(C)(C)C)nn2)nc1. The summed E-state index contributed by atoms with van der Waals surface area (Å²) in [4.78, 5) is 23.7. The second kappa shape index (κ2) is 10.2. The number of hydrogen-bond acceptors (Lipinski definition) is 6. The first-order chi connectivity index (χ1) is 18.6. The smallest absolute Gasteiger partial charge is 0.416 e. The van der Waals surface area contributed by atoms with Crippen molar-refractivity contribution in [2.45, 2.75) is 64.9 Å². The maximum Gasteiger partial charge on any atom is 0.416 e. The van der Waals surface area contributed by atoms with Crippen LogP contribution < -0.4 is 4.90 Å². The van der Waals surface area contributed by atoms with Crippen LogP contribution in [-0.4, -0.2) is 43.0 Å². The third-order valence-electron chi connectivity index (χ3n) is 7.11. The summed E-state index contributed by atoms with van der Waals surface area (Å²) in [5.41, 5.74) is 3.49. The third kappa shape index (κ3) is 5.39. The van der Waals surface area contributed by atoms with Gasteiger partial charge in [0.25, 0.3) is 0 Å². The number of pyridine rings is 2. The minimum Gasteiger partial charge on any atom is -0.443 e. The first-order valence-corrected chi connectivity index (χ1v) is 13.1. The lowest BCUT2D eigenvalue weighted by molar-refractivity contribution is 0.0557. The Morgan fingerprint density at radius 2 is 1.72 bits per heavy atom. The van der Waals surface area contributed by atoms with Crippen molar-refractivity contribution < 1.29 is 13.9 Å². The van der Waals surface area contributed by atoms with Crippen LogP contribution in [0, 0.1) is 19.7 Å². The van der Waals surface area contributed by atoms with Crippen molar-refractivity contribution in [1.82, 2.24) is 24.7 Å². The quantitative estimate of drug-likeness (QED) is 0.290. The van der Waals surface area contributed by atoms with Gasteiger partial charge in [0.2, 0.25) is 0 Å². The third-order valence-corrected chi connectivity index (χ3v) is 7.11. The topological polar surface area (TPSA) is 86.0 Å². The predicted molar refractivity (Wildman–Crippen MR) is 147 cm³/mol. The van der Waals surface area contributed by atoms with Crippen LogP contribution in [0.4, 0.5) is 15.0 Å². The van der Waals surface area contributed by atoms with Crippen LogP contribution >= 0.6 is 0 Å². The van der Waals surface area contributed by atoms with Crippen molar-refractivity contribution in [1.29, 1.82) is 0 Å². The molecule has 202 valence electrons. The highest BCUT2D eigenvalue weighted by Crippen LogP contribution is 2.45. The standard InChI is InChI=1S/C30H33FN6O2/c1-20-9-10-21(2)37(20)22-11-12-24(33-18-22)25-13-14-26(35-34-25)36(28(38)39-29(3,4)5)19-30(15-7-16-30)27-23(31)8-6-17-32-27/h6,8-14,17-18H,7,15-16,19H2,1-5H3. The minimum atomic E-state index is -0.714. The largest absolute Gasteiger partial charge is 0.443 e. The van der Waals surface area contributed by atoms with E-state index >= 15 is 0 Å². The van der Waals surface area contributed by atoms with Crippen molar-refractivity contribution in [3.63, 3.8) is 0 Å². The first kappa shape index (κ1) is 26.5. The number of amides is 1. The summed E-state index contributed by atoms with van der Waals surface area (Å²) in [5.74, 6) is -0.0478. The lowest BCUT2D eigenvalue weighted by Gasteiger charge is -2.44. The maximum absolute atomic E-state index is 14.8. The van der Waals surface area contributed by atoms with Gasteiger partial charge in [-0.25, -0.2) is 9.18 Å². The first-order valence-electron chi connectivity index (χ1n) is 13.1. The molecule has 0 N–H and O–H groups in total. The zero-order valence-electron chi connectivity index (χ0n) is 23.0. The molecule has 4 aromatic heterocycles. The van der Waals surface area contributed by atoms with Gasteiger partial charge in [0.15, 0.2) is 5.82 Å². The number of aryl methyl sites for hydroxylation is 2. The van der Waals surface area contributed by atoms with Gasteiger partial charge in [-0.1, -0.05) is 6.42 Å². The van der Waals surface area contributed by atoms with Crippen molar-refractivity contribution in [3.05, 3.63) is 83.8 Å². The summed E-state index contributed by atoms with van der Waals surface area (Å²) in [6.07, 6.45) is 5.17. The van der Waals surface area contributed by atoms with Crippen LogP contribution in [0.3, 0.4) is 0 Å².